The molecule has 0 unspecified atom stereocenters. The maximum Gasteiger partial charge on any atom is 0.257 e. The van der Waals surface area contributed by atoms with Gasteiger partial charge >= 0.3 is 0 Å². The zero-order valence-electron chi connectivity index (χ0n) is 21.1. The van der Waals surface area contributed by atoms with Crippen molar-refractivity contribution in [2.24, 2.45) is 0 Å². The van der Waals surface area contributed by atoms with Crippen molar-refractivity contribution in [1.82, 2.24) is 20.2 Å². The zero-order valence-corrected chi connectivity index (χ0v) is 21.1. The number of nitrogens with one attached hydrogen (secondary N) is 1. The molecule has 10 nitrogen and oxygen atoms in total. The van der Waals surface area contributed by atoms with Gasteiger partial charge in [-0.3, -0.25) is 4.79 Å². The van der Waals surface area contributed by atoms with Crippen molar-refractivity contribution < 1.29 is 14.6 Å². The molecule has 0 bridgehead atoms. The van der Waals surface area contributed by atoms with Crippen LogP contribution in [0.4, 0.5) is 17.3 Å². The van der Waals surface area contributed by atoms with Gasteiger partial charge in [-0.05, 0) is 56.5 Å². The van der Waals surface area contributed by atoms with E-state index in [1.807, 2.05) is 43.0 Å². The largest absolute Gasteiger partial charge is 0.386 e. The predicted octanol–water partition coefficient (Wildman–Crippen LogP) is 2.78. The minimum absolute atomic E-state index is 0.235. The molecule has 2 aliphatic heterocycles. The molecular formula is C27H31N7O3. The Morgan fingerprint density at radius 3 is 2.68 bits per heavy atom. The third kappa shape index (κ3) is 4.99. The highest BCUT2D eigenvalue weighted by atomic mass is 16.5. The smallest absolute Gasteiger partial charge is 0.257 e. The quantitative estimate of drug-likeness (QED) is 0.526. The third-order valence-electron chi connectivity index (χ3n) is 7.13. The molecule has 6 rings (SSSR count). The van der Waals surface area contributed by atoms with Gasteiger partial charge in [0, 0.05) is 49.6 Å². The van der Waals surface area contributed by atoms with Crippen molar-refractivity contribution in [2.75, 3.05) is 54.5 Å². The molecule has 0 aromatic carbocycles. The van der Waals surface area contributed by atoms with Gasteiger partial charge in [-0.15, -0.1) is 0 Å². The number of amides is 1. The van der Waals surface area contributed by atoms with Crippen LogP contribution in [0.3, 0.4) is 0 Å². The number of hydrogen-bond acceptors (Lipinski definition) is 9. The highest BCUT2D eigenvalue weighted by molar-refractivity contribution is 6.06. The summed E-state index contributed by atoms with van der Waals surface area (Å²) < 4.78 is 5.54. The van der Waals surface area contributed by atoms with Crippen LogP contribution in [0.25, 0.3) is 11.1 Å². The number of anilines is 3. The Balaban J connectivity index is 1.34. The molecule has 192 valence electrons. The lowest BCUT2D eigenvalue weighted by Gasteiger charge is -2.45. The van der Waals surface area contributed by atoms with E-state index in [0.29, 0.717) is 56.6 Å². The maximum absolute atomic E-state index is 13.3. The normalized spacial score (nSPS) is 18.9. The van der Waals surface area contributed by atoms with Gasteiger partial charge in [-0.1, -0.05) is 0 Å². The Labute approximate surface area is 215 Å². The second kappa shape index (κ2) is 9.35. The van der Waals surface area contributed by atoms with Crippen molar-refractivity contribution in [3.8, 4) is 11.1 Å². The molecule has 1 saturated carbocycles. The molecule has 10 heteroatoms. The van der Waals surface area contributed by atoms with Gasteiger partial charge in [0.25, 0.3) is 5.91 Å². The van der Waals surface area contributed by atoms with E-state index in [9.17, 15) is 9.90 Å². The summed E-state index contributed by atoms with van der Waals surface area (Å²) in [5.41, 5.74) is 4.03. The molecule has 1 aliphatic carbocycles. The average molecular weight is 502 g/mol. The second-order valence-electron chi connectivity index (χ2n) is 10.4. The highest BCUT2D eigenvalue weighted by Crippen LogP contribution is 2.39. The van der Waals surface area contributed by atoms with E-state index < -0.39 is 5.60 Å². The molecule has 37 heavy (non-hydrogen) atoms. The Hall–Kier alpha value is -3.63. The summed E-state index contributed by atoms with van der Waals surface area (Å²) >= 11 is 0. The number of hydrogen-bond donors (Lipinski definition) is 2. The van der Waals surface area contributed by atoms with E-state index in [0.717, 1.165) is 47.0 Å². The number of rotatable bonds is 6. The van der Waals surface area contributed by atoms with E-state index >= 15 is 0 Å². The van der Waals surface area contributed by atoms with Crippen LogP contribution < -0.4 is 15.1 Å². The fraction of sp³-hybridized carbons (Fsp3) is 0.444. The SMILES string of the molecule is Cc1nc(N2CCOCC2)c(NC(=O)c2cnnc(C3CC3)c2)cc1-c1ccnc(N2CC(C)(O)C2)c1. The fourth-order valence-corrected chi connectivity index (χ4v) is 4.97. The molecule has 0 spiro atoms. The Morgan fingerprint density at radius 1 is 1.16 bits per heavy atom. The molecule has 3 aromatic rings. The standard InChI is InChI=1S/C27H31N7O3/c1-17-21(19-5-6-28-24(12-19)34-15-27(2,36)16-34)13-23(25(30-17)33-7-9-37-10-8-33)31-26(35)20-11-22(18-3-4-18)32-29-14-20/h5-6,11-14,18,36H,3-4,7-10,15-16H2,1-2H3,(H,31,35). The molecule has 3 aliphatic rings. The van der Waals surface area contributed by atoms with Crippen molar-refractivity contribution in [1.29, 1.82) is 0 Å². The number of nitrogens with zero attached hydrogens (tertiary/aromatic N) is 6. The molecule has 0 radical (unpaired) electrons. The summed E-state index contributed by atoms with van der Waals surface area (Å²) in [5.74, 6) is 1.71. The van der Waals surface area contributed by atoms with Crippen LogP contribution in [0.2, 0.25) is 0 Å². The monoisotopic (exact) mass is 501 g/mol. The van der Waals surface area contributed by atoms with Gasteiger partial charge in [0.05, 0.1) is 42.0 Å². The lowest BCUT2D eigenvalue weighted by Crippen LogP contribution is -2.60. The van der Waals surface area contributed by atoms with Crippen molar-refractivity contribution in [3.05, 3.63) is 53.6 Å². The van der Waals surface area contributed by atoms with Crippen LogP contribution in [-0.2, 0) is 4.74 Å². The van der Waals surface area contributed by atoms with Gasteiger partial charge in [0.1, 0.15) is 5.82 Å². The van der Waals surface area contributed by atoms with Gasteiger partial charge in [0.15, 0.2) is 5.82 Å². The Kier molecular flexibility index (Phi) is 6.00. The Morgan fingerprint density at radius 2 is 1.95 bits per heavy atom. The number of aryl methyl sites for hydroxylation is 1. The number of carbonyl (C=O) groups is 1. The molecular weight excluding hydrogens is 470 g/mol. The minimum atomic E-state index is -0.687. The Bertz CT molecular complexity index is 1330. The van der Waals surface area contributed by atoms with Crippen LogP contribution in [0, 0.1) is 6.92 Å². The van der Waals surface area contributed by atoms with E-state index in [2.05, 4.69) is 25.4 Å². The van der Waals surface area contributed by atoms with Gasteiger partial charge in [0.2, 0.25) is 0 Å². The predicted molar refractivity (Wildman–Crippen MR) is 140 cm³/mol. The minimum Gasteiger partial charge on any atom is -0.386 e. The van der Waals surface area contributed by atoms with Crippen molar-refractivity contribution in [3.63, 3.8) is 0 Å². The average Bonchev–Trinajstić information content (AvgIpc) is 3.74. The molecule has 3 aromatic heterocycles. The fourth-order valence-electron chi connectivity index (χ4n) is 4.97. The molecule has 0 atom stereocenters. The topological polar surface area (TPSA) is 117 Å². The summed E-state index contributed by atoms with van der Waals surface area (Å²) in [6, 6.07) is 7.79. The summed E-state index contributed by atoms with van der Waals surface area (Å²) in [4.78, 5) is 27.0. The van der Waals surface area contributed by atoms with E-state index in [-0.39, 0.29) is 5.91 Å². The van der Waals surface area contributed by atoms with Crippen molar-refractivity contribution in [2.45, 2.75) is 38.2 Å². The molecule has 2 N–H and O–H groups in total. The third-order valence-corrected chi connectivity index (χ3v) is 7.13. The summed E-state index contributed by atoms with van der Waals surface area (Å²) in [5, 5.41) is 21.5. The van der Waals surface area contributed by atoms with Gasteiger partial charge in [-0.25, -0.2) is 9.97 Å². The van der Waals surface area contributed by atoms with Crippen LogP contribution in [0.1, 0.15) is 47.4 Å². The number of ether oxygens (including phenoxy) is 1. The summed E-state index contributed by atoms with van der Waals surface area (Å²) in [6.45, 7) is 7.52. The van der Waals surface area contributed by atoms with Crippen LogP contribution >= 0.6 is 0 Å². The van der Waals surface area contributed by atoms with Gasteiger partial charge < -0.3 is 25.0 Å². The van der Waals surface area contributed by atoms with E-state index in [4.69, 9.17) is 9.72 Å². The summed E-state index contributed by atoms with van der Waals surface area (Å²) in [6.07, 6.45) is 5.47. The van der Waals surface area contributed by atoms with E-state index in [1.165, 1.54) is 6.20 Å². The molecule has 5 heterocycles. The second-order valence-corrected chi connectivity index (χ2v) is 10.4. The lowest BCUT2D eigenvalue weighted by molar-refractivity contribution is 0.0305. The van der Waals surface area contributed by atoms with Crippen LogP contribution in [0.5, 0.6) is 0 Å². The number of pyridine rings is 2. The first-order valence-electron chi connectivity index (χ1n) is 12.8. The zero-order chi connectivity index (χ0) is 25.6. The number of carbonyl (C=O) groups excluding carboxylic acids is 1. The highest BCUT2D eigenvalue weighted by Gasteiger charge is 2.37. The first-order valence-corrected chi connectivity index (χ1v) is 12.8. The van der Waals surface area contributed by atoms with Gasteiger partial charge in [-0.2, -0.15) is 10.2 Å². The lowest BCUT2D eigenvalue weighted by atomic mass is 9.96. The van der Waals surface area contributed by atoms with Crippen LogP contribution in [0.15, 0.2) is 36.7 Å². The van der Waals surface area contributed by atoms with Crippen molar-refractivity contribution >= 4 is 23.2 Å². The maximum atomic E-state index is 13.3. The molecule has 1 amide bonds. The molecule has 3 fully saturated rings. The number of β-amino-alcohol motifs (C(OH)–C–C–N with tert-alkyl or cyclic N) is 1. The van der Waals surface area contributed by atoms with E-state index in [1.54, 1.807) is 6.20 Å². The molecule has 2 saturated heterocycles. The summed E-state index contributed by atoms with van der Waals surface area (Å²) in [7, 11) is 0. The number of morpholine rings is 1. The number of aliphatic hydroxyl groups is 1. The first-order chi connectivity index (χ1) is 17.9. The van der Waals surface area contributed by atoms with Crippen LogP contribution in [-0.4, -0.2) is 76.2 Å². The number of aromatic nitrogens is 4. The first kappa shape index (κ1) is 23.7.